The van der Waals surface area contributed by atoms with Gasteiger partial charge in [-0.05, 0) is 98.6 Å². The quantitative estimate of drug-likeness (QED) is 0.115. The molecule has 2 bridgehead atoms. The number of anilines is 1. The summed E-state index contributed by atoms with van der Waals surface area (Å²) in [4.78, 5) is 47.3. The maximum absolute atomic E-state index is 15.3. The number of ether oxygens (including phenoxy) is 3. The third kappa shape index (κ3) is 7.93. The second kappa shape index (κ2) is 16.8. The monoisotopic (exact) mass is 821 g/mol. The van der Waals surface area contributed by atoms with Gasteiger partial charge in [-0.2, -0.15) is 0 Å². The highest BCUT2D eigenvalue weighted by atomic mass is 35.5. The van der Waals surface area contributed by atoms with E-state index >= 15 is 4.39 Å². The molecule has 4 aromatic rings. The molecule has 0 spiro atoms. The average molecular weight is 823 g/mol. The number of carboxylic acids is 1. The van der Waals surface area contributed by atoms with E-state index in [1.807, 2.05) is 0 Å². The van der Waals surface area contributed by atoms with Crippen LogP contribution < -0.4 is 19.1 Å². The Morgan fingerprint density at radius 2 is 1.68 bits per heavy atom. The zero-order chi connectivity index (χ0) is 40.4. The van der Waals surface area contributed by atoms with Gasteiger partial charge in [0.25, 0.3) is 5.91 Å². The van der Waals surface area contributed by atoms with E-state index in [1.165, 1.54) is 54.6 Å². The van der Waals surface area contributed by atoms with E-state index in [-0.39, 0.29) is 59.2 Å². The fraction of sp³-hybridized carbons (Fsp3) is 0.381. The smallest absolute Gasteiger partial charge is 0.415 e. The lowest BCUT2D eigenvalue weighted by Crippen LogP contribution is -2.57. The van der Waals surface area contributed by atoms with Crippen molar-refractivity contribution in [3.05, 3.63) is 117 Å². The summed E-state index contributed by atoms with van der Waals surface area (Å²) in [6.07, 6.45) is 3.80. The number of carboxylic acid groups (broad SMARTS) is 1. The number of hydrogen-bond acceptors (Lipinski definition) is 8. The number of methoxy groups -OCH3 is 2. The van der Waals surface area contributed by atoms with Crippen molar-refractivity contribution in [1.82, 2.24) is 9.80 Å². The molecule has 2 N–H and O–H groups in total. The summed E-state index contributed by atoms with van der Waals surface area (Å²) in [6.45, 7) is 2.56. The molecule has 2 amide bonds. The van der Waals surface area contributed by atoms with Crippen LogP contribution in [0.1, 0.15) is 58.6 Å². The van der Waals surface area contributed by atoms with Gasteiger partial charge >= 0.3 is 12.1 Å². The Labute approximate surface area is 339 Å². The molecule has 4 fully saturated rings. The maximum atomic E-state index is 15.3. The van der Waals surface area contributed by atoms with Crippen LogP contribution in [0.5, 0.6) is 11.5 Å². The van der Waals surface area contributed by atoms with E-state index in [9.17, 15) is 24.7 Å². The molecule has 0 saturated carbocycles. The van der Waals surface area contributed by atoms with Gasteiger partial charge in [0, 0.05) is 34.9 Å². The van der Waals surface area contributed by atoms with E-state index in [1.54, 1.807) is 48.5 Å². The summed E-state index contributed by atoms with van der Waals surface area (Å²) in [6, 6.07) is 17.6. The van der Waals surface area contributed by atoms with E-state index in [2.05, 4.69) is 4.90 Å². The van der Waals surface area contributed by atoms with Crippen LogP contribution in [0.3, 0.4) is 0 Å². The van der Waals surface area contributed by atoms with Crippen LogP contribution in [-0.4, -0.2) is 90.1 Å². The third-order valence-corrected chi connectivity index (χ3v) is 12.3. The lowest BCUT2D eigenvalue weighted by atomic mass is 9.73. The second-order valence-electron chi connectivity index (χ2n) is 14.8. The minimum atomic E-state index is -1.80. The van der Waals surface area contributed by atoms with Gasteiger partial charge in [0.15, 0.2) is 11.5 Å². The highest BCUT2D eigenvalue weighted by molar-refractivity contribution is 6.35. The first-order valence-electron chi connectivity index (χ1n) is 18.8. The van der Waals surface area contributed by atoms with Crippen molar-refractivity contribution in [2.45, 2.75) is 56.2 Å². The molecule has 4 aliphatic rings. The Kier molecular flexibility index (Phi) is 11.8. The molecule has 4 saturated heterocycles. The van der Waals surface area contributed by atoms with E-state index < -0.39 is 35.2 Å². The lowest BCUT2D eigenvalue weighted by Gasteiger charge is -2.44. The molecule has 3 aromatic carbocycles. The van der Waals surface area contributed by atoms with E-state index in [4.69, 9.17) is 37.4 Å². The molecule has 57 heavy (non-hydrogen) atoms. The molecule has 0 unspecified atom stereocenters. The number of benzene rings is 3. The first-order chi connectivity index (χ1) is 27.4. The third-order valence-electron chi connectivity index (χ3n) is 11.6. The van der Waals surface area contributed by atoms with Crippen molar-refractivity contribution in [2.75, 3.05) is 45.3 Å². The fourth-order valence-electron chi connectivity index (χ4n) is 8.73. The number of aliphatic carboxylic acids is 1. The molecule has 0 radical (unpaired) electrons. The van der Waals surface area contributed by atoms with Crippen LogP contribution in [0.15, 0.2) is 79.1 Å². The van der Waals surface area contributed by atoms with Crippen molar-refractivity contribution in [2.24, 2.45) is 5.92 Å². The standard InChI is InChI=1S/C42H43Cl2FN4O8/c1-55-36-12-11-28(20-37(36)56-2)31(21-30-32(43)23-47(54)24-33(30)44)42(40(51)52)15-6-16-49(42)39(50)29-8-5-7-26(19-29)22-48(35-10-4-3-9-34(35)45)41(53)57-38-25-46-17-13-27(38)14-18-46/h3-5,7-12,19-20,23-24,27,31,38H,6,13-18,21-22,25H2,1-2H3,(H-,51,52,54)/p+1/t31-,38-,42-/m0/s1. The van der Waals surface area contributed by atoms with Crippen molar-refractivity contribution >= 4 is 46.9 Å². The Hall–Kier alpha value is -5.11. The molecule has 8 rings (SSSR count). The number of carbonyl (C=O) groups excluding carboxylic acids is 2. The molecule has 5 heterocycles. The first kappa shape index (κ1) is 40.1. The fourth-order valence-corrected chi connectivity index (χ4v) is 9.33. The summed E-state index contributed by atoms with van der Waals surface area (Å²) < 4.78 is 33.1. The number of nitrogens with zero attached hydrogens (tertiary/aromatic N) is 4. The summed E-state index contributed by atoms with van der Waals surface area (Å²) >= 11 is 13.2. The largest absolute Gasteiger partial charge is 0.493 e. The molecule has 0 aliphatic carbocycles. The number of carbonyl (C=O) groups is 3. The Morgan fingerprint density at radius 1 is 0.965 bits per heavy atom. The van der Waals surface area contributed by atoms with Gasteiger partial charge in [-0.3, -0.25) is 19.8 Å². The van der Waals surface area contributed by atoms with Crippen molar-refractivity contribution in [1.29, 1.82) is 0 Å². The van der Waals surface area contributed by atoms with Crippen LogP contribution in [0, 0.1) is 11.7 Å². The number of likely N-dealkylation sites (tertiary alicyclic amines) is 1. The number of para-hydroxylation sites is 1. The van der Waals surface area contributed by atoms with Gasteiger partial charge < -0.3 is 24.2 Å². The van der Waals surface area contributed by atoms with E-state index in [0.29, 0.717) is 41.2 Å². The molecule has 1 aromatic heterocycles. The average Bonchev–Trinajstić information content (AvgIpc) is 3.66. The lowest BCUT2D eigenvalue weighted by molar-refractivity contribution is -0.904. The number of rotatable bonds is 12. The van der Waals surface area contributed by atoms with Crippen LogP contribution >= 0.6 is 23.2 Å². The van der Waals surface area contributed by atoms with Gasteiger partial charge in [0.05, 0.1) is 26.5 Å². The van der Waals surface area contributed by atoms with Crippen molar-refractivity contribution in [3.8, 4) is 11.5 Å². The predicted octanol–water partition coefficient (Wildman–Crippen LogP) is 7.00. The Morgan fingerprint density at radius 3 is 2.33 bits per heavy atom. The van der Waals surface area contributed by atoms with Gasteiger partial charge in [-0.25, -0.2) is 14.0 Å². The second-order valence-corrected chi connectivity index (χ2v) is 15.6. The maximum Gasteiger partial charge on any atom is 0.415 e. The van der Waals surface area contributed by atoms with Gasteiger partial charge in [-0.15, -0.1) is 0 Å². The van der Waals surface area contributed by atoms with Gasteiger partial charge in [0.1, 0.15) is 27.5 Å². The van der Waals surface area contributed by atoms with Crippen LogP contribution in [-0.2, 0) is 22.5 Å². The number of halogens is 3. The first-order valence-corrected chi connectivity index (χ1v) is 19.6. The summed E-state index contributed by atoms with van der Waals surface area (Å²) in [5.74, 6) is -2.29. The Bertz CT molecular complexity index is 2150. The topological polar surface area (TPSA) is 133 Å². The van der Waals surface area contributed by atoms with Crippen LogP contribution in [0.25, 0.3) is 0 Å². The minimum Gasteiger partial charge on any atom is -0.493 e. The number of amides is 2. The van der Waals surface area contributed by atoms with Crippen molar-refractivity contribution < 1.29 is 48.0 Å². The SMILES string of the molecule is COc1ccc([C@H](Cc2c(Cl)c[n+](O)cc2Cl)[C@]2(C(=O)O)CCCN2C(=O)c2cccc(CN(C(=O)O[C@H]3CN4CCC3CC4)c3ccccc3F)c2)cc1OC. The Balaban J connectivity index is 1.24. The molecule has 300 valence electrons. The number of hydrogen-bond donors (Lipinski definition) is 2. The van der Waals surface area contributed by atoms with Crippen molar-refractivity contribution in [3.63, 3.8) is 0 Å². The van der Waals surface area contributed by atoms with Gasteiger partial charge in [-0.1, -0.05) is 53.5 Å². The summed E-state index contributed by atoms with van der Waals surface area (Å²) in [7, 11) is 2.96. The number of piperidine rings is 3. The zero-order valence-corrected chi connectivity index (χ0v) is 33.1. The number of aromatic nitrogens is 1. The van der Waals surface area contributed by atoms with E-state index in [0.717, 1.165) is 30.7 Å². The molecule has 12 nitrogen and oxygen atoms in total. The molecule has 15 heteroatoms. The summed E-state index contributed by atoms with van der Waals surface area (Å²) in [5.41, 5.74) is -0.174. The normalized spacial score (nSPS) is 21.8. The molecule has 4 aliphatic heterocycles. The van der Waals surface area contributed by atoms with Crippen LogP contribution in [0.2, 0.25) is 10.0 Å². The predicted molar refractivity (Wildman–Crippen MR) is 209 cm³/mol. The highest BCUT2D eigenvalue weighted by Crippen LogP contribution is 2.47. The van der Waals surface area contributed by atoms with Gasteiger partial charge in [0.2, 0.25) is 12.4 Å². The van der Waals surface area contributed by atoms with Crippen LogP contribution in [0.4, 0.5) is 14.9 Å². The minimum absolute atomic E-state index is 0.0244. The molecular formula is C42H44Cl2FN4O8+. The number of fused-ring (bicyclic) bond motifs is 3. The number of pyridine rings is 1. The zero-order valence-electron chi connectivity index (χ0n) is 31.6. The summed E-state index contributed by atoms with van der Waals surface area (Å²) in [5, 5.41) is 21.5. The molecular weight excluding hydrogens is 778 g/mol. The highest BCUT2D eigenvalue weighted by Gasteiger charge is 2.56. The molecule has 3 atom stereocenters.